The van der Waals surface area contributed by atoms with E-state index in [2.05, 4.69) is 32.0 Å². The zero-order chi connectivity index (χ0) is 23.6. The number of nitrogens with one attached hydrogen (secondary N) is 3. The van der Waals surface area contributed by atoms with E-state index >= 15 is 0 Å². The Morgan fingerprint density at radius 1 is 1.15 bits per heavy atom. The molecule has 6 rings (SSSR count). The summed E-state index contributed by atoms with van der Waals surface area (Å²) in [6.45, 7) is 3.87. The molecule has 9 nitrogen and oxygen atoms in total. The first-order valence-electron chi connectivity index (χ1n) is 11.4. The summed E-state index contributed by atoms with van der Waals surface area (Å²) in [6, 6.07) is 11.3. The van der Waals surface area contributed by atoms with Gasteiger partial charge in [0.25, 0.3) is 11.5 Å². The highest BCUT2D eigenvalue weighted by Gasteiger charge is 2.52. The summed E-state index contributed by atoms with van der Waals surface area (Å²) < 4.78 is 1.62. The molecule has 1 saturated carbocycles. The number of aromatic nitrogens is 3. The molecule has 3 heterocycles. The number of pyridine rings is 1. The number of anilines is 3. The van der Waals surface area contributed by atoms with Crippen molar-refractivity contribution in [2.75, 3.05) is 10.6 Å². The lowest BCUT2D eigenvalue weighted by atomic mass is 9.94. The maximum Gasteiger partial charge on any atom is 0.276 e. The molecule has 1 unspecified atom stereocenters. The second kappa shape index (κ2) is 7.24. The minimum atomic E-state index is -0.856. The molecular formula is C25H24N6O3. The first-order chi connectivity index (χ1) is 16.4. The summed E-state index contributed by atoms with van der Waals surface area (Å²) in [7, 11) is 0. The van der Waals surface area contributed by atoms with Crippen molar-refractivity contribution in [3.8, 4) is 0 Å². The highest BCUT2D eigenvalue weighted by molar-refractivity contribution is 5.97. The number of nitrogens with zero attached hydrogens (tertiary/aromatic N) is 3. The van der Waals surface area contributed by atoms with E-state index in [0.717, 1.165) is 24.0 Å². The fourth-order valence-corrected chi connectivity index (χ4v) is 5.26. The molecule has 1 aliphatic heterocycles. The normalized spacial score (nSPS) is 22.3. The molecule has 9 heteroatoms. The van der Waals surface area contributed by atoms with E-state index in [0.29, 0.717) is 35.0 Å². The largest absolute Gasteiger partial charge is 0.336 e. The van der Waals surface area contributed by atoms with E-state index in [9.17, 15) is 14.4 Å². The van der Waals surface area contributed by atoms with Crippen molar-refractivity contribution >= 4 is 29.1 Å². The Kier molecular flexibility index (Phi) is 4.39. The third-order valence-electron chi connectivity index (χ3n) is 7.16. The zero-order valence-electron chi connectivity index (χ0n) is 18.9. The third kappa shape index (κ3) is 3.03. The van der Waals surface area contributed by atoms with Gasteiger partial charge in [-0.05, 0) is 42.5 Å². The Bertz CT molecular complexity index is 1430. The lowest BCUT2D eigenvalue weighted by molar-refractivity contribution is -0.117. The van der Waals surface area contributed by atoms with Crippen molar-refractivity contribution in [3.63, 3.8) is 0 Å². The van der Waals surface area contributed by atoms with Gasteiger partial charge in [0.2, 0.25) is 5.91 Å². The summed E-state index contributed by atoms with van der Waals surface area (Å²) in [5.41, 5.74) is 2.47. The quantitative estimate of drug-likeness (QED) is 0.556. The fourth-order valence-electron chi connectivity index (χ4n) is 5.26. The average molecular weight is 457 g/mol. The Balaban J connectivity index is 1.39. The van der Waals surface area contributed by atoms with Crippen LogP contribution in [0.2, 0.25) is 0 Å². The molecule has 3 aromatic rings. The Morgan fingerprint density at radius 3 is 2.68 bits per heavy atom. The van der Waals surface area contributed by atoms with Crippen LogP contribution in [-0.4, -0.2) is 26.3 Å². The number of amides is 2. The van der Waals surface area contributed by atoms with Crippen molar-refractivity contribution in [3.05, 3.63) is 75.5 Å². The number of fused-ring (bicyclic) bond motifs is 3. The van der Waals surface area contributed by atoms with Gasteiger partial charge in [-0.2, -0.15) is 0 Å². The maximum absolute atomic E-state index is 13.8. The molecule has 2 aliphatic carbocycles. The summed E-state index contributed by atoms with van der Waals surface area (Å²) >= 11 is 0. The third-order valence-corrected chi connectivity index (χ3v) is 7.16. The molecule has 2 aromatic heterocycles. The standard InChI is InChI=1S/C25H24N6O3/c1-13-9-18(28-19-10-20(27-12-26-19)29-22(32)15-7-8-15)24(34)31-21(13)23(33)30-25(31)11-16-5-3-4-6-17(16)14(25)2/h3-6,9-10,12,14-15H,7-8,11H2,1-2H3,(H,30,33)(H2,26,27,28,29,32)/t14-,25?/m0/s1. The fraction of sp³-hybridized carbons (Fsp3) is 0.320. The van der Waals surface area contributed by atoms with Crippen molar-refractivity contribution in [2.24, 2.45) is 5.92 Å². The molecule has 0 radical (unpaired) electrons. The van der Waals surface area contributed by atoms with Gasteiger partial charge in [-0.1, -0.05) is 31.2 Å². The van der Waals surface area contributed by atoms with Gasteiger partial charge in [0, 0.05) is 24.3 Å². The highest BCUT2D eigenvalue weighted by Crippen LogP contribution is 2.46. The predicted molar refractivity (Wildman–Crippen MR) is 126 cm³/mol. The lowest BCUT2D eigenvalue weighted by Crippen LogP contribution is -2.50. The molecule has 34 heavy (non-hydrogen) atoms. The molecular weight excluding hydrogens is 432 g/mol. The summed E-state index contributed by atoms with van der Waals surface area (Å²) in [5, 5.41) is 9.01. The summed E-state index contributed by atoms with van der Waals surface area (Å²) in [5.74, 6) is 0.429. The van der Waals surface area contributed by atoms with E-state index in [1.807, 2.05) is 32.0 Å². The van der Waals surface area contributed by atoms with Crippen LogP contribution in [-0.2, 0) is 16.9 Å². The van der Waals surface area contributed by atoms with Crippen LogP contribution in [0.15, 0.2) is 47.5 Å². The van der Waals surface area contributed by atoms with E-state index < -0.39 is 5.66 Å². The van der Waals surface area contributed by atoms with Gasteiger partial charge in [0.1, 0.15) is 35.0 Å². The van der Waals surface area contributed by atoms with Gasteiger partial charge < -0.3 is 16.0 Å². The van der Waals surface area contributed by atoms with Crippen LogP contribution in [0.1, 0.15) is 52.9 Å². The second-order valence-electron chi connectivity index (χ2n) is 9.38. The molecule has 3 aliphatic rings. The molecule has 2 amide bonds. The number of rotatable bonds is 4. The van der Waals surface area contributed by atoms with Crippen molar-refractivity contribution < 1.29 is 9.59 Å². The molecule has 0 bridgehead atoms. The van der Waals surface area contributed by atoms with Gasteiger partial charge >= 0.3 is 0 Å². The number of hydrogen-bond donors (Lipinski definition) is 3. The minimum Gasteiger partial charge on any atom is -0.336 e. The monoisotopic (exact) mass is 456 g/mol. The minimum absolute atomic E-state index is 0.0501. The van der Waals surface area contributed by atoms with Crippen LogP contribution in [0.5, 0.6) is 0 Å². The number of carbonyl (C=O) groups is 2. The Hall–Kier alpha value is -4.01. The SMILES string of the molecule is Cc1cc(Nc2cc(NC(=O)C3CC3)ncn2)c(=O)n2c1C(=O)NC21Cc2ccccc2[C@@H]1C. The van der Waals surface area contributed by atoms with E-state index in [1.165, 1.54) is 6.33 Å². The van der Waals surface area contributed by atoms with Gasteiger partial charge in [0.05, 0.1) is 0 Å². The van der Waals surface area contributed by atoms with Crippen LogP contribution in [0.3, 0.4) is 0 Å². The molecule has 172 valence electrons. The molecule has 1 spiro atoms. The van der Waals surface area contributed by atoms with Gasteiger partial charge in [-0.3, -0.25) is 19.0 Å². The zero-order valence-corrected chi connectivity index (χ0v) is 18.9. The number of benzene rings is 1. The van der Waals surface area contributed by atoms with E-state index in [4.69, 9.17) is 0 Å². The first-order valence-corrected chi connectivity index (χ1v) is 11.4. The summed E-state index contributed by atoms with van der Waals surface area (Å²) in [6.07, 6.45) is 3.66. The van der Waals surface area contributed by atoms with Crippen molar-refractivity contribution in [1.82, 2.24) is 19.9 Å². The Labute approximate surface area is 195 Å². The first kappa shape index (κ1) is 20.6. The van der Waals surface area contributed by atoms with Crippen LogP contribution in [0, 0.1) is 12.8 Å². The van der Waals surface area contributed by atoms with Gasteiger partial charge in [-0.15, -0.1) is 0 Å². The van der Waals surface area contributed by atoms with Gasteiger partial charge in [-0.25, -0.2) is 9.97 Å². The summed E-state index contributed by atoms with van der Waals surface area (Å²) in [4.78, 5) is 47.2. The van der Waals surface area contributed by atoms with Crippen LogP contribution >= 0.6 is 0 Å². The number of aryl methyl sites for hydroxylation is 1. The second-order valence-corrected chi connectivity index (χ2v) is 9.38. The van der Waals surface area contributed by atoms with Crippen LogP contribution in [0.4, 0.5) is 17.3 Å². The number of hydrogen-bond acceptors (Lipinski definition) is 6. The average Bonchev–Trinajstić information content (AvgIpc) is 3.57. The molecule has 1 fully saturated rings. The van der Waals surface area contributed by atoms with E-state index in [1.54, 1.807) is 16.7 Å². The van der Waals surface area contributed by atoms with Crippen molar-refractivity contribution in [1.29, 1.82) is 0 Å². The smallest absolute Gasteiger partial charge is 0.276 e. The van der Waals surface area contributed by atoms with Crippen LogP contribution in [0.25, 0.3) is 0 Å². The lowest BCUT2D eigenvalue weighted by Gasteiger charge is -2.32. The maximum atomic E-state index is 13.8. The molecule has 2 atom stereocenters. The number of carbonyl (C=O) groups excluding carboxylic acids is 2. The van der Waals surface area contributed by atoms with E-state index in [-0.39, 0.29) is 29.2 Å². The van der Waals surface area contributed by atoms with Crippen molar-refractivity contribution in [2.45, 2.75) is 44.7 Å². The highest BCUT2D eigenvalue weighted by atomic mass is 16.2. The molecule has 1 aromatic carbocycles. The molecule has 0 saturated heterocycles. The Morgan fingerprint density at radius 2 is 1.91 bits per heavy atom. The van der Waals surface area contributed by atoms with Crippen LogP contribution < -0.4 is 21.5 Å². The van der Waals surface area contributed by atoms with Gasteiger partial charge in [0.15, 0.2) is 0 Å². The molecule has 3 N–H and O–H groups in total. The topological polar surface area (TPSA) is 118 Å². The predicted octanol–water partition coefficient (Wildman–Crippen LogP) is 2.79.